The normalized spacial score (nSPS) is 32.3. The molecule has 7 nitrogen and oxygen atoms in total. The first-order valence-corrected chi connectivity index (χ1v) is 11.3. The number of halogens is 1. The van der Waals surface area contributed by atoms with Gasteiger partial charge in [-0.3, -0.25) is 4.99 Å². The Balaban J connectivity index is 0.00000205. The minimum atomic E-state index is 0. The second-order valence-electron chi connectivity index (χ2n) is 8.99. The predicted octanol–water partition coefficient (Wildman–Crippen LogP) is 2.68. The average molecular weight is 514 g/mol. The lowest BCUT2D eigenvalue weighted by atomic mass is 9.54. The topological polar surface area (TPSA) is 76.4 Å². The number of ether oxygens (including phenoxy) is 1. The Morgan fingerprint density at radius 3 is 2.83 bits per heavy atom. The summed E-state index contributed by atoms with van der Waals surface area (Å²) in [5.74, 6) is 3.73. The van der Waals surface area contributed by atoms with E-state index < -0.39 is 0 Å². The number of guanidine groups is 1. The molecule has 3 fully saturated rings. The third kappa shape index (κ3) is 3.68. The minimum absolute atomic E-state index is 0. The monoisotopic (exact) mass is 514 g/mol. The van der Waals surface area contributed by atoms with Crippen LogP contribution in [0.4, 0.5) is 0 Å². The van der Waals surface area contributed by atoms with Crippen LogP contribution < -0.4 is 10.6 Å². The first-order valence-electron chi connectivity index (χ1n) is 11.3. The SMILES string of the molecule is CCN=C(NC1CCc2nc(CC)nn2C1)NC1C2CCOC2C12CCCC2.I. The number of nitrogens with zero attached hydrogens (tertiary/aromatic N) is 4. The van der Waals surface area contributed by atoms with Crippen molar-refractivity contribution in [3.63, 3.8) is 0 Å². The number of rotatable bonds is 4. The highest BCUT2D eigenvalue weighted by molar-refractivity contribution is 14.0. The molecule has 2 aliphatic heterocycles. The summed E-state index contributed by atoms with van der Waals surface area (Å²) in [5.41, 5.74) is 0.346. The zero-order chi connectivity index (χ0) is 19.1. The van der Waals surface area contributed by atoms with Gasteiger partial charge in [0.2, 0.25) is 0 Å². The number of hydrogen-bond donors (Lipinski definition) is 2. The van der Waals surface area contributed by atoms with Crippen molar-refractivity contribution in [1.29, 1.82) is 0 Å². The van der Waals surface area contributed by atoms with Crippen LogP contribution in [0.15, 0.2) is 4.99 Å². The number of aryl methyl sites for hydroxylation is 2. The van der Waals surface area contributed by atoms with E-state index in [1.54, 1.807) is 0 Å². The van der Waals surface area contributed by atoms with E-state index in [1.165, 1.54) is 32.1 Å². The second kappa shape index (κ2) is 8.69. The molecule has 1 saturated heterocycles. The van der Waals surface area contributed by atoms with Gasteiger partial charge in [0.15, 0.2) is 11.8 Å². The molecule has 162 valence electrons. The Morgan fingerprint density at radius 1 is 1.24 bits per heavy atom. The van der Waals surface area contributed by atoms with Gasteiger partial charge >= 0.3 is 0 Å². The van der Waals surface area contributed by atoms with Crippen LogP contribution in [0.25, 0.3) is 0 Å². The first-order chi connectivity index (χ1) is 13.7. The van der Waals surface area contributed by atoms with Crippen molar-refractivity contribution in [2.45, 2.75) is 89.9 Å². The van der Waals surface area contributed by atoms with Crippen LogP contribution in [-0.2, 0) is 24.1 Å². The number of nitrogens with one attached hydrogen (secondary N) is 2. The van der Waals surface area contributed by atoms with Gasteiger partial charge < -0.3 is 15.4 Å². The van der Waals surface area contributed by atoms with Gasteiger partial charge in [-0.15, -0.1) is 24.0 Å². The van der Waals surface area contributed by atoms with E-state index in [9.17, 15) is 0 Å². The van der Waals surface area contributed by atoms with Gasteiger partial charge in [0.05, 0.1) is 12.6 Å². The van der Waals surface area contributed by atoms with Gasteiger partial charge in [-0.2, -0.15) is 5.10 Å². The first kappa shape index (κ1) is 21.3. The third-order valence-corrected chi connectivity index (χ3v) is 7.45. The van der Waals surface area contributed by atoms with Gasteiger partial charge in [0.25, 0.3) is 0 Å². The lowest BCUT2D eigenvalue weighted by molar-refractivity contribution is -0.125. The van der Waals surface area contributed by atoms with E-state index >= 15 is 0 Å². The summed E-state index contributed by atoms with van der Waals surface area (Å²) in [6.45, 7) is 6.82. The number of hydrogen-bond acceptors (Lipinski definition) is 4. The molecule has 2 aliphatic carbocycles. The fraction of sp³-hybridized carbons (Fsp3) is 0.857. The molecule has 4 unspecified atom stereocenters. The lowest BCUT2D eigenvalue weighted by Crippen LogP contribution is -2.69. The van der Waals surface area contributed by atoms with E-state index in [-0.39, 0.29) is 24.0 Å². The van der Waals surface area contributed by atoms with Crippen LogP contribution in [0.5, 0.6) is 0 Å². The highest BCUT2D eigenvalue weighted by atomic mass is 127. The Labute approximate surface area is 190 Å². The molecule has 8 heteroatoms. The van der Waals surface area contributed by atoms with Gasteiger partial charge in [-0.1, -0.05) is 19.8 Å². The summed E-state index contributed by atoms with van der Waals surface area (Å²) in [4.78, 5) is 9.43. The summed E-state index contributed by atoms with van der Waals surface area (Å²) in [6.07, 6.45) is 9.92. The van der Waals surface area contributed by atoms with Crippen molar-refractivity contribution in [3.8, 4) is 0 Å². The fourth-order valence-corrected chi connectivity index (χ4v) is 6.16. The zero-order valence-corrected chi connectivity index (χ0v) is 20.0. The summed E-state index contributed by atoms with van der Waals surface area (Å²) in [5, 5.41) is 12.2. The highest BCUT2D eigenvalue weighted by Crippen LogP contribution is 2.60. The number of aromatic nitrogens is 3. The summed E-state index contributed by atoms with van der Waals surface area (Å²) >= 11 is 0. The standard InChI is InChI=1S/C21H34N6O.HI/c1-3-16-24-17-8-7-14(13-27(17)26-16)23-20(22-4-2)25-18-15-9-12-28-19(15)21(18)10-5-6-11-21;/h14-15,18-19H,3-13H2,1-2H3,(H2,22,23,25);1H. The third-order valence-electron chi connectivity index (χ3n) is 7.45. The molecule has 0 bridgehead atoms. The van der Waals surface area contributed by atoms with Crippen LogP contribution >= 0.6 is 24.0 Å². The Bertz CT molecular complexity index is 744. The number of fused-ring (bicyclic) bond motifs is 3. The van der Waals surface area contributed by atoms with Crippen molar-refractivity contribution >= 4 is 29.9 Å². The van der Waals surface area contributed by atoms with Crippen molar-refractivity contribution in [2.75, 3.05) is 13.2 Å². The summed E-state index contributed by atoms with van der Waals surface area (Å²) < 4.78 is 8.23. The molecule has 2 N–H and O–H groups in total. The lowest BCUT2D eigenvalue weighted by Gasteiger charge is -2.57. The summed E-state index contributed by atoms with van der Waals surface area (Å²) in [6, 6.07) is 0.865. The molecule has 0 radical (unpaired) electrons. The van der Waals surface area contributed by atoms with Crippen LogP contribution in [-0.4, -0.2) is 52.1 Å². The fourth-order valence-electron chi connectivity index (χ4n) is 6.16. The second-order valence-corrected chi connectivity index (χ2v) is 8.99. The van der Waals surface area contributed by atoms with Crippen molar-refractivity contribution in [2.24, 2.45) is 16.3 Å². The molecule has 0 amide bonds. The van der Waals surface area contributed by atoms with Crippen LogP contribution in [0.1, 0.15) is 64.0 Å². The van der Waals surface area contributed by atoms with E-state index in [0.29, 0.717) is 29.5 Å². The number of aliphatic imine (C=N–C) groups is 1. The minimum Gasteiger partial charge on any atom is -0.377 e. The molecule has 2 saturated carbocycles. The highest BCUT2D eigenvalue weighted by Gasteiger charge is 2.65. The van der Waals surface area contributed by atoms with Crippen molar-refractivity contribution in [1.82, 2.24) is 25.4 Å². The smallest absolute Gasteiger partial charge is 0.191 e. The molecule has 1 aromatic heterocycles. The molecule has 1 aromatic rings. The van der Waals surface area contributed by atoms with E-state index in [1.807, 2.05) is 0 Å². The van der Waals surface area contributed by atoms with Gasteiger partial charge in [-0.25, -0.2) is 9.67 Å². The molecular formula is C21H35IN6O. The Morgan fingerprint density at radius 2 is 2.07 bits per heavy atom. The van der Waals surface area contributed by atoms with Gasteiger partial charge in [0, 0.05) is 49.4 Å². The molecule has 4 atom stereocenters. The maximum atomic E-state index is 6.14. The molecular weight excluding hydrogens is 479 g/mol. The largest absolute Gasteiger partial charge is 0.377 e. The molecule has 5 rings (SSSR count). The maximum Gasteiger partial charge on any atom is 0.191 e. The molecule has 4 aliphatic rings. The van der Waals surface area contributed by atoms with Gasteiger partial charge in [0.1, 0.15) is 5.82 Å². The van der Waals surface area contributed by atoms with Crippen molar-refractivity contribution in [3.05, 3.63) is 11.6 Å². The van der Waals surface area contributed by atoms with E-state index in [0.717, 1.165) is 56.6 Å². The predicted molar refractivity (Wildman–Crippen MR) is 124 cm³/mol. The van der Waals surface area contributed by atoms with E-state index in [4.69, 9.17) is 9.73 Å². The van der Waals surface area contributed by atoms with E-state index in [2.05, 4.69) is 39.2 Å². The Hall–Kier alpha value is -0.900. The van der Waals surface area contributed by atoms with Crippen LogP contribution in [0.3, 0.4) is 0 Å². The molecule has 0 aromatic carbocycles. The van der Waals surface area contributed by atoms with Crippen LogP contribution in [0, 0.1) is 11.3 Å². The quantitative estimate of drug-likeness (QED) is 0.367. The van der Waals surface area contributed by atoms with Gasteiger partial charge in [-0.05, 0) is 32.6 Å². The van der Waals surface area contributed by atoms with Crippen molar-refractivity contribution < 1.29 is 4.74 Å². The summed E-state index contributed by atoms with van der Waals surface area (Å²) in [7, 11) is 0. The maximum absolute atomic E-state index is 6.14. The Kier molecular flexibility index (Phi) is 6.39. The molecule has 1 spiro atoms. The molecule has 29 heavy (non-hydrogen) atoms. The zero-order valence-electron chi connectivity index (χ0n) is 17.7. The van der Waals surface area contributed by atoms with Crippen LogP contribution in [0.2, 0.25) is 0 Å². The molecule has 3 heterocycles. The average Bonchev–Trinajstić information content (AvgIpc) is 3.43.